The van der Waals surface area contributed by atoms with Crippen molar-refractivity contribution in [3.05, 3.63) is 63.8 Å². The second-order valence-corrected chi connectivity index (χ2v) is 9.41. The van der Waals surface area contributed by atoms with E-state index in [0.29, 0.717) is 23.5 Å². The Bertz CT molecular complexity index is 990. The summed E-state index contributed by atoms with van der Waals surface area (Å²) >= 11 is 12.8. The van der Waals surface area contributed by atoms with Crippen molar-refractivity contribution in [3.63, 3.8) is 0 Å². The summed E-state index contributed by atoms with van der Waals surface area (Å²) < 4.78 is 5.42. The number of aromatic nitrogens is 1. The molecule has 0 saturated carbocycles. The fraction of sp³-hybridized carbons (Fsp3) is 0.440. The van der Waals surface area contributed by atoms with Gasteiger partial charge in [-0.25, -0.2) is 15.3 Å². The van der Waals surface area contributed by atoms with E-state index in [2.05, 4.69) is 26.7 Å². The lowest BCUT2D eigenvalue weighted by molar-refractivity contribution is -0.198. The molecular weight excluding hydrogens is 475 g/mol. The van der Waals surface area contributed by atoms with Gasteiger partial charge in [0.25, 0.3) is 5.91 Å². The third-order valence-corrected chi connectivity index (χ3v) is 6.66. The summed E-state index contributed by atoms with van der Waals surface area (Å²) in [6.07, 6.45) is 9.17. The molecule has 2 aromatic rings. The number of nitrogens with one attached hydrogen (secondary N) is 2. The van der Waals surface area contributed by atoms with E-state index in [1.807, 2.05) is 18.2 Å². The Morgan fingerprint density at radius 3 is 2.74 bits per heavy atom. The lowest BCUT2D eigenvalue weighted by atomic mass is 10.0. The van der Waals surface area contributed by atoms with Crippen LogP contribution in [-0.4, -0.2) is 47.8 Å². The van der Waals surface area contributed by atoms with Gasteiger partial charge in [-0.3, -0.25) is 9.69 Å². The first-order chi connectivity index (χ1) is 16.6. The number of benzene rings is 1. The van der Waals surface area contributed by atoms with Crippen LogP contribution in [0.1, 0.15) is 43.2 Å². The maximum absolute atomic E-state index is 12.0. The van der Waals surface area contributed by atoms with Gasteiger partial charge < -0.3 is 10.1 Å². The molecule has 0 spiro atoms. The number of amides is 1. The number of carbonyl (C=O) groups is 1. The van der Waals surface area contributed by atoms with Crippen molar-refractivity contribution in [3.8, 4) is 0 Å². The maximum Gasteiger partial charge on any atom is 0.267 e. The fourth-order valence-electron chi connectivity index (χ4n) is 4.08. The van der Waals surface area contributed by atoms with Crippen molar-refractivity contribution < 1.29 is 14.4 Å². The first-order valence-corrected chi connectivity index (χ1v) is 12.5. The molecule has 34 heavy (non-hydrogen) atoms. The number of hydrogen-bond acceptors (Lipinski definition) is 6. The molecule has 1 aromatic heterocycles. The largest absolute Gasteiger partial charge is 0.366 e. The van der Waals surface area contributed by atoms with E-state index in [-0.39, 0.29) is 12.2 Å². The second-order valence-electron chi connectivity index (χ2n) is 8.60. The minimum absolute atomic E-state index is 0.304. The number of rotatable bonds is 8. The van der Waals surface area contributed by atoms with Gasteiger partial charge in [0.2, 0.25) is 0 Å². The van der Waals surface area contributed by atoms with E-state index >= 15 is 0 Å². The van der Waals surface area contributed by atoms with Crippen LogP contribution in [0.25, 0.3) is 6.08 Å². The predicted octanol–water partition coefficient (Wildman–Crippen LogP) is 5.05. The van der Waals surface area contributed by atoms with Crippen LogP contribution in [0.5, 0.6) is 0 Å². The normalized spacial score (nSPS) is 19.9. The molecule has 0 bridgehead atoms. The molecule has 7 nitrogen and oxygen atoms in total. The highest BCUT2D eigenvalue weighted by atomic mass is 35.5. The van der Waals surface area contributed by atoms with Crippen molar-refractivity contribution in [2.45, 2.75) is 51.0 Å². The van der Waals surface area contributed by atoms with Crippen LogP contribution in [0.3, 0.4) is 0 Å². The average molecular weight is 505 g/mol. The Hall–Kier alpha value is -2.16. The molecule has 9 heteroatoms. The molecule has 2 N–H and O–H groups in total. The lowest BCUT2D eigenvalue weighted by Crippen LogP contribution is -2.38. The molecule has 1 unspecified atom stereocenters. The van der Waals surface area contributed by atoms with E-state index in [1.165, 1.54) is 6.08 Å². The summed E-state index contributed by atoms with van der Waals surface area (Å²) in [7, 11) is 0. The molecule has 4 rings (SSSR count). The van der Waals surface area contributed by atoms with Gasteiger partial charge in [-0.1, -0.05) is 41.4 Å². The van der Waals surface area contributed by atoms with E-state index in [9.17, 15) is 4.79 Å². The molecule has 182 valence electrons. The third-order valence-electron chi connectivity index (χ3n) is 6.00. The molecule has 1 atom stereocenters. The van der Waals surface area contributed by atoms with Gasteiger partial charge >= 0.3 is 0 Å². The number of hydroxylamine groups is 1. The molecular formula is C25H30Cl2N4O3. The van der Waals surface area contributed by atoms with Crippen LogP contribution in [0.15, 0.2) is 42.6 Å². The van der Waals surface area contributed by atoms with Gasteiger partial charge in [0.1, 0.15) is 5.82 Å². The van der Waals surface area contributed by atoms with E-state index < -0.39 is 0 Å². The summed E-state index contributed by atoms with van der Waals surface area (Å²) in [5, 5.41) is 4.80. The van der Waals surface area contributed by atoms with E-state index in [4.69, 9.17) is 32.8 Å². The van der Waals surface area contributed by atoms with Crippen LogP contribution in [0.2, 0.25) is 10.0 Å². The average Bonchev–Trinajstić information content (AvgIpc) is 2.86. The van der Waals surface area contributed by atoms with Crippen molar-refractivity contribution in [1.82, 2.24) is 15.4 Å². The van der Waals surface area contributed by atoms with E-state index in [1.54, 1.807) is 18.3 Å². The second kappa shape index (κ2) is 12.5. The van der Waals surface area contributed by atoms with Crippen LogP contribution in [0.4, 0.5) is 5.82 Å². The predicted molar refractivity (Wildman–Crippen MR) is 134 cm³/mol. The minimum atomic E-state index is -0.379. The zero-order valence-electron chi connectivity index (χ0n) is 19.0. The smallest absolute Gasteiger partial charge is 0.267 e. The number of anilines is 1. The molecule has 1 amide bonds. The molecule has 3 heterocycles. The Kier molecular flexibility index (Phi) is 9.18. The molecule has 0 radical (unpaired) electrons. The first kappa shape index (κ1) is 24.9. The van der Waals surface area contributed by atoms with Crippen molar-refractivity contribution in [1.29, 1.82) is 0 Å². The third kappa shape index (κ3) is 7.42. The minimum Gasteiger partial charge on any atom is -0.366 e. The number of nitrogens with zero attached hydrogens (tertiary/aromatic N) is 2. The zero-order valence-corrected chi connectivity index (χ0v) is 20.5. The van der Waals surface area contributed by atoms with Gasteiger partial charge in [-0.15, -0.1) is 0 Å². The Morgan fingerprint density at radius 2 is 2.00 bits per heavy atom. The summed E-state index contributed by atoms with van der Waals surface area (Å²) in [6.45, 7) is 3.47. The standard InChI is InChI=1S/C25H30Cl2N4O3/c26-21-6-2-1-5-19(21)17-31-12-10-20(11-13-31)29-25-22(27)15-18(16-28-25)8-9-23(32)30-34-24-7-3-4-14-33-24/h1-2,5-6,8-9,15-16,20,24H,3-4,7,10-14,17H2,(H,28,29)(H,30,32). The molecule has 2 aliphatic heterocycles. The van der Waals surface area contributed by atoms with Gasteiger partial charge in [0.05, 0.1) is 5.02 Å². The first-order valence-electron chi connectivity index (χ1n) is 11.7. The summed E-state index contributed by atoms with van der Waals surface area (Å²) in [4.78, 5) is 24.1. The Balaban J connectivity index is 1.22. The van der Waals surface area contributed by atoms with Crippen LogP contribution in [-0.2, 0) is 20.9 Å². The SMILES string of the molecule is O=C(C=Cc1cnc(NC2CCN(Cc3ccccc3Cl)CC2)c(Cl)c1)NOC1CCCCO1. The quantitative estimate of drug-likeness (QED) is 0.386. The summed E-state index contributed by atoms with van der Waals surface area (Å²) in [5.74, 6) is 0.293. The summed E-state index contributed by atoms with van der Waals surface area (Å²) in [6, 6.07) is 10.1. The molecule has 2 fully saturated rings. The van der Waals surface area contributed by atoms with E-state index in [0.717, 1.165) is 67.9 Å². The Morgan fingerprint density at radius 1 is 1.18 bits per heavy atom. The van der Waals surface area contributed by atoms with Crippen LogP contribution in [0, 0.1) is 0 Å². The monoisotopic (exact) mass is 504 g/mol. The molecule has 1 aromatic carbocycles. The highest BCUT2D eigenvalue weighted by Gasteiger charge is 2.21. The van der Waals surface area contributed by atoms with Crippen molar-refractivity contribution in [2.24, 2.45) is 0 Å². The van der Waals surface area contributed by atoms with Crippen molar-refractivity contribution >= 4 is 41.0 Å². The van der Waals surface area contributed by atoms with Gasteiger partial charge in [-0.2, -0.15) is 0 Å². The number of carbonyl (C=O) groups excluding carboxylic acids is 1. The topological polar surface area (TPSA) is 75.7 Å². The van der Waals surface area contributed by atoms with Gasteiger partial charge in [-0.05, 0) is 55.0 Å². The van der Waals surface area contributed by atoms with Gasteiger partial charge in [0, 0.05) is 56.0 Å². The number of pyridine rings is 1. The summed E-state index contributed by atoms with van der Waals surface area (Å²) in [5.41, 5.74) is 4.29. The van der Waals surface area contributed by atoms with Crippen molar-refractivity contribution in [2.75, 3.05) is 25.0 Å². The zero-order chi connectivity index (χ0) is 23.8. The maximum atomic E-state index is 12.0. The van der Waals surface area contributed by atoms with Gasteiger partial charge in [0.15, 0.2) is 6.29 Å². The number of likely N-dealkylation sites (tertiary alicyclic amines) is 1. The number of hydrogen-bond donors (Lipinski definition) is 2. The molecule has 2 aliphatic rings. The molecule has 0 aliphatic carbocycles. The number of halogens is 2. The number of piperidine rings is 1. The number of ether oxygens (including phenoxy) is 1. The highest BCUT2D eigenvalue weighted by Crippen LogP contribution is 2.25. The lowest BCUT2D eigenvalue weighted by Gasteiger charge is -2.33. The Labute approximate surface area is 210 Å². The van der Waals surface area contributed by atoms with Crippen LogP contribution < -0.4 is 10.8 Å². The van der Waals surface area contributed by atoms with Crippen LogP contribution >= 0.6 is 23.2 Å². The fourth-order valence-corrected chi connectivity index (χ4v) is 4.51. The molecule has 2 saturated heterocycles. The highest BCUT2D eigenvalue weighted by molar-refractivity contribution is 6.33.